The van der Waals surface area contributed by atoms with Gasteiger partial charge in [-0.1, -0.05) is 12.1 Å². The number of carbonyl (C=O) groups excluding carboxylic acids is 2. The van der Waals surface area contributed by atoms with E-state index < -0.39 is 11.9 Å². The van der Waals surface area contributed by atoms with Crippen molar-refractivity contribution in [1.82, 2.24) is 5.32 Å². The van der Waals surface area contributed by atoms with Crippen molar-refractivity contribution in [2.75, 3.05) is 27.9 Å². The lowest BCUT2D eigenvalue weighted by molar-refractivity contribution is -0.143. The highest BCUT2D eigenvalue weighted by Gasteiger charge is 2.06. The number of nitrogens with one attached hydrogen (secondary N) is 1. The Balaban J connectivity index is 1.81. The van der Waals surface area contributed by atoms with Crippen LogP contribution >= 0.6 is 0 Å². The summed E-state index contributed by atoms with van der Waals surface area (Å²) in [7, 11) is 4.66. The SMILES string of the molecule is COc1cccc(CNC(=O)COC(=O)/C=C/c2cc(OC)cc(OC)c2)c1. The van der Waals surface area contributed by atoms with E-state index in [1.165, 1.54) is 6.08 Å². The normalized spacial score (nSPS) is 10.4. The number of ether oxygens (including phenoxy) is 4. The zero-order valence-electron chi connectivity index (χ0n) is 16.1. The minimum Gasteiger partial charge on any atom is -0.497 e. The largest absolute Gasteiger partial charge is 0.497 e. The molecule has 7 heteroatoms. The molecule has 0 fully saturated rings. The van der Waals surface area contributed by atoms with Crippen LogP contribution in [0.3, 0.4) is 0 Å². The maximum atomic E-state index is 11.8. The van der Waals surface area contributed by atoms with Crippen LogP contribution in [0.15, 0.2) is 48.5 Å². The summed E-state index contributed by atoms with van der Waals surface area (Å²) < 4.78 is 20.4. The molecular weight excluding hydrogens is 362 g/mol. The quantitative estimate of drug-likeness (QED) is 0.528. The molecule has 0 aliphatic rings. The van der Waals surface area contributed by atoms with Gasteiger partial charge in [0, 0.05) is 18.7 Å². The van der Waals surface area contributed by atoms with E-state index >= 15 is 0 Å². The Labute approximate surface area is 163 Å². The van der Waals surface area contributed by atoms with Crippen LogP contribution in [0.4, 0.5) is 0 Å². The van der Waals surface area contributed by atoms with Crippen LogP contribution in [0.25, 0.3) is 6.08 Å². The molecule has 0 heterocycles. The first-order valence-electron chi connectivity index (χ1n) is 8.51. The first-order valence-corrected chi connectivity index (χ1v) is 8.51. The van der Waals surface area contributed by atoms with E-state index in [4.69, 9.17) is 18.9 Å². The third kappa shape index (κ3) is 6.68. The highest BCUT2D eigenvalue weighted by Crippen LogP contribution is 2.23. The van der Waals surface area contributed by atoms with Gasteiger partial charge < -0.3 is 24.3 Å². The van der Waals surface area contributed by atoms with Crippen molar-refractivity contribution in [3.05, 3.63) is 59.7 Å². The van der Waals surface area contributed by atoms with Crippen molar-refractivity contribution in [2.24, 2.45) is 0 Å². The highest BCUT2D eigenvalue weighted by molar-refractivity contribution is 5.89. The van der Waals surface area contributed by atoms with Crippen molar-refractivity contribution in [3.63, 3.8) is 0 Å². The summed E-state index contributed by atoms with van der Waals surface area (Å²) >= 11 is 0. The predicted molar refractivity (Wildman–Crippen MR) is 104 cm³/mol. The smallest absolute Gasteiger partial charge is 0.331 e. The molecule has 2 aromatic rings. The van der Waals surface area contributed by atoms with Crippen LogP contribution in [-0.2, 0) is 20.9 Å². The highest BCUT2D eigenvalue weighted by atomic mass is 16.5. The second kappa shape index (κ2) is 10.6. The number of rotatable bonds is 9. The maximum absolute atomic E-state index is 11.8. The molecule has 0 radical (unpaired) electrons. The van der Waals surface area contributed by atoms with Gasteiger partial charge >= 0.3 is 5.97 Å². The number of benzene rings is 2. The average Bonchev–Trinajstić information content (AvgIpc) is 2.74. The first kappa shape index (κ1) is 20.8. The van der Waals surface area contributed by atoms with Crippen LogP contribution in [0, 0.1) is 0 Å². The van der Waals surface area contributed by atoms with Crippen LogP contribution in [0.1, 0.15) is 11.1 Å². The molecule has 0 atom stereocenters. The molecule has 2 rings (SSSR count). The summed E-state index contributed by atoms with van der Waals surface area (Å²) in [6.07, 6.45) is 2.80. The lowest BCUT2D eigenvalue weighted by atomic mass is 10.2. The maximum Gasteiger partial charge on any atom is 0.331 e. The van der Waals surface area contributed by atoms with E-state index in [-0.39, 0.29) is 6.61 Å². The molecule has 0 saturated heterocycles. The molecule has 0 saturated carbocycles. The molecule has 0 spiro atoms. The molecule has 1 amide bonds. The van der Waals surface area contributed by atoms with Crippen molar-refractivity contribution in [1.29, 1.82) is 0 Å². The Morgan fingerprint density at radius 3 is 2.25 bits per heavy atom. The van der Waals surface area contributed by atoms with Crippen LogP contribution in [0.2, 0.25) is 0 Å². The Hall–Kier alpha value is -3.48. The van der Waals surface area contributed by atoms with Gasteiger partial charge in [0.1, 0.15) is 17.2 Å². The second-order valence-electron chi connectivity index (χ2n) is 5.72. The number of carbonyl (C=O) groups is 2. The molecule has 28 heavy (non-hydrogen) atoms. The number of amides is 1. The fraction of sp³-hybridized carbons (Fsp3) is 0.238. The van der Waals surface area contributed by atoms with Gasteiger partial charge in [-0.25, -0.2) is 4.79 Å². The van der Waals surface area contributed by atoms with Crippen molar-refractivity contribution in [3.8, 4) is 17.2 Å². The number of hydrogen-bond donors (Lipinski definition) is 1. The molecule has 0 aliphatic carbocycles. The standard InChI is InChI=1S/C21H23NO6/c1-25-17-6-4-5-16(11-17)13-22-20(23)14-28-21(24)8-7-15-9-18(26-2)12-19(10-15)27-3/h4-12H,13-14H2,1-3H3,(H,22,23)/b8-7+. The van der Waals surface area contributed by atoms with Gasteiger partial charge in [0.15, 0.2) is 6.61 Å². The first-order chi connectivity index (χ1) is 13.5. The van der Waals surface area contributed by atoms with Gasteiger partial charge in [0.2, 0.25) is 0 Å². The Kier molecular flexibility index (Phi) is 7.90. The Morgan fingerprint density at radius 2 is 1.61 bits per heavy atom. The fourth-order valence-electron chi connectivity index (χ4n) is 2.31. The van der Waals surface area contributed by atoms with Gasteiger partial charge in [-0.15, -0.1) is 0 Å². The zero-order valence-corrected chi connectivity index (χ0v) is 16.1. The van der Waals surface area contributed by atoms with Gasteiger partial charge in [0.05, 0.1) is 21.3 Å². The van der Waals surface area contributed by atoms with E-state index in [9.17, 15) is 9.59 Å². The van der Waals surface area contributed by atoms with Crippen LogP contribution in [-0.4, -0.2) is 39.8 Å². The molecule has 0 unspecified atom stereocenters. The van der Waals surface area contributed by atoms with E-state index in [1.54, 1.807) is 45.6 Å². The van der Waals surface area contributed by atoms with Gasteiger partial charge in [-0.2, -0.15) is 0 Å². The molecule has 7 nitrogen and oxygen atoms in total. The minimum atomic E-state index is -0.627. The van der Waals surface area contributed by atoms with Gasteiger partial charge in [-0.3, -0.25) is 4.79 Å². The number of esters is 1. The summed E-state index contributed by atoms with van der Waals surface area (Å²) in [5.41, 5.74) is 1.58. The number of methoxy groups -OCH3 is 3. The minimum absolute atomic E-state index is 0.313. The molecule has 2 aromatic carbocycles. The van der Waals surface area contributed by atoms with E-state index in [0.717, 1.165) is 5.56 Å². The number of hydrogen-bond acceptors (Lipinski definition) is 6. The molecular formula is C21H23NO6. The van der Waals surface area contributed by atoms with Crippen LogP contribution < -0.4 is 19.5 Å². The monoisotopic (exact) mass is 385 g/mol. The Morgan fingerprint density at radius 1 is 0.929 bits per heavy atom. The molecule has 0 bridgehead atoms. The molecule has 1 N–H and O–H groups in total. The Bertz CT molecular complexity index is 824. The topological polar surface area (TPSA) is 83.1 Å². The third-order valence-corrected chi connectivity index (χ3v) is 3.75. The van der Waals surface area contributed by atoms with Crippen molar-refractivity contribution < 1.29 is 28.5 Å². The molecule has 0 aromatic heterocycles. The van der Waals surface area contributed by atoms with E-state index in [1.807, 2.05) is 24.3 Å². The lowest BCUT2D eigenvalue weighted by Gasteiger charge is -2.07. The van der Waals surface area contributed by atoms with E-state index in [0.29, 0.717) is 29.4 Å². The zero-order chi connectivity index (χ0) is 20.4. The van der Waals surface area contributed by atoms with Crippen LogP contribution in [0.5, 0.6) is 17.2 Å². The molecule has 148 valence electrons. The summed E-state index contributed by atoms with van der Waals surface area (Å²) in [4.78, 5) is 23.7. The summed E-state index contributed by atoms with van der Waals surface area (Å²) in [5, 5.41) is 2.68. The van der Waals surface area contributed by atoms with Crippen molar-refractivity contribution >= 4 is 18.0 Å². The third-order valence-electron chi connectivity index (χ3n) is 3.75. The lowest BCUT2D eigenvalue weighted by Crippen LogP contribution is -2.28. The van der Waals surface area contributed by atoms with Gasteiger partial charge in [-0.05, 0) is 41.5 Å². The fourth-order valence-corrected chi connectivity index (χ4v) is 2.31. The van der Waals surface area contributed by atoms with Gasteiger partial charge in [0.25, 0.3) is 5.91 Å². The second-order valence-corrected chi connectivity index (χ2v) is 5.72. The van der Waals surface area contributed by atoms with E-state index in [2.05, 4.69) is 5.32 Å². The molecule has 0 aliphatic heterocycles. The average molecular weight is 385 g/mol. The summed E-state index contributed by atoms with van der Waals surface area (Å²) in [5.74, 6) is 0.886. The van der Waals surface area contributed by atoms with Crippen molar-refractivity contribution in [2.45, 2.75) is 6.54 Å². The summed E-state index contributed by atoms with van der Waals surface area (Å²) in [6.45, 7) is -0.0540. The summed E-state index contributed by atoms with van der Waals surface area (Å²) in [6, 6.07) is 12.5. The predicted octanol–water partition coefficient (Wildman–Crippen LogP) is 2.59.